The molecule has 0 aromatic carbocycles. The van der Waals surface area contributed by atoms with Gasteiger partial charge in [-0.3, -0.25) is 4.79 Å². The molecule has 13 heavy (non-hydrogen) atoms. The highest BCUT2D eigenvalue weighted by Gasteiger charge is 2.14. The van der Waals surface area contributed by atoms with Gasteiger partial charge in [0.1, 0.15) is 0 Å². The molecule has 0 aliphatic rings. The van der Waals surface area contributed by atoms with Gasteiger partial charge >= 0.3 is 5.97 Å². The highest BCUT2D eigenvalue weighted by Crippen LogP contribution is 2.06. The Morgan fingerprint density at radius 3 is 2.69 bits per heavy atom. The van der Waals surface area contributed by atoms with Gasteiger partial charge in [-0.1, -0.05) is 22.6 Å². The molecule has 0 aliphatic heterocycles. The summed E-state index contributed by atoms with van der Waals surface area (Å²) < 4.78 is 4.99. The Kier molecular flexibility index (Phi) is 8.18. The highest BCUT2D eigenvalue weighted by molar-refractivity contribution is 14.1. The second kappa shape index (κ2) is 7.87. The smallest absolute Gasteiger partial charge is 0.307 e. The predicted octanol–water partition coefficient (Wildman–Crippen LogP) is 1.65. The minimum Gasteiger partial charge on any atom is -0.469 e. The number of carbonyl (C=O) groups is 1. The number of rotatable bonds is 6. The van der Waals surface area contributed by atoms with E-state index in [1.54, 1.807) is 11.8 Å². The van der Waals surface area contributed by atoms with Crippen LogP contribution in [0.25, 0.3) is 0 Å². The molecule has 0 aliphatic carbocycles. The predicted molar refractivity (Wildman–Crippen MR) is 65.4 cm³/mol. The van der Waals surface area contributed by atoms with Crippen LogP contribution >= 0.6 is 34.4 Å². The number of ether oxygens (including phenoxy) is 1. The number of alkyl halides is 1. The Bertz CT molecular complexity index is 155. The lowest BCUT2D eigenvalue weighted by atomic mass is 10.2. The number of hydrogen-bond donors (Lipinski definition) is 1. The van der Waals surface area contributed by atoms with Crippen LogP contribution < -0.4 is 5.32 Å². The minimum absolute atomic E-state index is 0.149. The SMILES string of the molecule is COC(=O)CC(CSC)NC(C)I. The van der Waals surface area contributed by atoms with Crippen molar-refractivity contribution in [1.82, 2.24) is 5.32 Å². The number of methoxy groups -OCH3 is 1. The summed E-state index contributed by atoms with van der Waals surface area (Å²) in [5.74, 6) is 0.784. The maximum Gasteiger partial charge on any atom is 0.307 e. The summed E-state index contributed by atoms with van der Waals surface area (Å²) >= 11 is 4.01. The van der Waals surface area contributed by atoms with Gasteiger partial charge in [-0.05, 0) is 13.2 Å². The molecule has 0 aromatic heterocycles. The second-order valence-corrected chi connectivity index (χ2v) is 5.49. The molecule has 0 amide bonds. The number of carbonyl (C=O) groups excluding carboxylic acids is 1. The van der Waals surface area contributed by atoms with Crippen LogP contribution in [0.5, 0.6) is 0 Å². The van der Waals surface area contributed by atoms with E-state index in [1.165, 1.54) is 7.11 Å². The monoisotopic (exact) mass is 317 g/mol. The second-order valence-electron chi connectivity index (χ2n) is 2.72. The van der Waals surface area contributed by atoms with Crippen molar-refractivity contribution >= 4 is 40.3 Å². The Morgan fingerprint density at radius 1 is 1.69 bits per heavy atom. The maximum absolute atomic E-state index is 11.0. The van der Waals surface area contributed by atoms with Crippen LogP contribution in [-0.4, -0.2) is 35.2 Å². The number of hydrogen-bond acceptors (Lipinski definition) is 4. The average molecular weight is 317 g/mol. The molecule has 2 unspecified atom stereocenters. The zero-order valence-corrected chi connectivity index (χ0v) is 11.1. The first-order valence-electron chi connectivity index (χ1n) is 4.06. The largest absolute Gasteiger partial charge is 0.469 e. The summed E-state index contributed by atoms with van der Waals surface area (Å²) in [4.78, 5) is 11.0. The Hall–Kier alpha value is 0.510. The third kappa shape index (κ3) is 7.57. The van der Waals surface area contributed by atoms with Gasteiger partial charge in [-0.15, -0.1) is 0 Å². The molecule has 3 nitrogen and oxygen atoms in total. The van der Waals surface area contributed by atoms with Crippen molar-refractivity contribution < 1.29 is 9.53 Å². The lowest BCUT2D eigenvalue weighted by Crippen LogP contribution is -2.37. The molecule has 0 aromatic rings. The van der Waals surface area contributed by atoms with Crippen LogP contribution in [0, 0.1) is 0 Å². The van der Waals surface area contributed by atoms with Crippen LogP contribution in [-0.2, 0) is 9.53 Å². The maximum atomic E-state index is 11.0. The Morgan fingerprint density at radius 2 is 2.31 bits per heavy atom. The first-order valence-corrected chi connectivity index (χ1v) is 6.70. The zero-order chi connectivity index (χ0) is 10.3. The van der Waals surface area contributed by atoms with E-state index < -0.39 is 0 Å². The summed E-state index contributed by atoms with van der Waals surface area (Å²) in [6.45, 7) is 2.06. The normalized spacial score (nSPS) is 15.1. The Labute approximate surface area is 97.5 Å². The van der Waals surface area contributed by atoms with Crippen molar-refractivity contribution in [2.24, 2.45) is 0 Å². The number of halogens is 1. The van der Waals surface area contributed by atoms with Gasteiger partial charge in [0.05, 0.1) is 17.6 Å². The zero-order valence-electron chi connectivity index (χ0n) is 8.17. The topological polar surface area (TPSA) is 38.3 Å². The van der Waals surface area contributed by atoms with E-state index in [9.17, 15) is 4.79 Å². The third-order valence-electron chi connectivity index (χ3n) is 1.47. The van der Waals surface area contributed by atoms with Gasteiger partial charge in [0.2, 0.25) is 0 Å². The fraction of sp³-hybridized carbons (Fsp3) is 0.875. The van der Waals surface area contributed by atoms with Crippen LogP contribution in [0.2, 0.25) is 0 Å². The molecule has 5 heteroatoms. The van der Waals surface area contributed by atoms with Gasteiger partial charge in [-0.25, -0.2) is 0 Å². The molecule has 0 radical (unpaired) electrons. The van der Waals surface area contributed by atoms with E-state index in [1.807, 2.05) is 6.26 Å². The van der Waals surface area contributed by atoms with E-state index in [-0.39, 0.29) is 12.0 Å². The van der Waals surface area contributed by atoms with Gasteiger partial charge in [0.15, 0.2) is 0 Å². The molecular formula is C8H16INO2S. The Balaban J connectivity index is 3.86. The minimum atomic E-state index is -0.149. The van der Waals surface area contributed by atoms with E-state index >= 15 is 0 Å². The molecule has 0 spiro atoms. The molecule has 0 heterocycles. The lowest BCUT2D eigenvalue weighted by molar-refractivity contribution is -0.141. The fourth-order valence-corrected chi connectivity index (χ4v) is 2.10. The van der Waals surface area contributed by atoms with Crippen molar-refractivity contribution in [2.45, 2.75) is 23.4 Å². The highest BCUT2D eigenvalue weighted by atomic mass is 127. The van der Waals surface area contributed by atoms with E-state index in [0.29, 0.717) is 10.5 Å². The van der Waals surface area contributed by atoms with Crippen LogP contribution in [0.15, 0.2) is 0 Å². The van der Waals surface area contributed by atoms with Crippen LogP contribution in [0.4, 0.5) is 0 Å². The molecule has 0 bridgehead atoms. The molecule has 1 N–H and O–H groups in total. The van der Waals surface area contributed by atoms with Crippen LogP contribution in [0.1, 0.15) is 13.3 Å². The summed E-state index contributed by atoms with van der Waals surface area (Å²) in [6, 6.07) is 0.217. The van der Waals surface area contributed by atoms with Crippen molar-refractivity contribution in [3.8, 4) is 0 Å². The molecule has 0 rings (SSSR count). The summed E-state index contributed by atoms with van der Waals surface area (Å²) in [7, 11) is 1.42. The molecule has 0 saturated carbocycles. The molecule has 2 atom stereocenters. The first kappa shape index (κ1) is 13.5. The average Bonchev–Trinajstić information content (AvgIpc) is 2.03. The standard InChI is InChI=1S/C8H16INO2S/c1-6(9)10-7(5-13-3)4-8(11)12-2/h6-7,10H,4-5H2,1-3H3. The summed E-state index contributed by atoms with van der Waals surface area (Å²) in [6.07, 6.45) is 2.48. The lowest BCUT2D eigenvalue weighted by Gasteiger charge is -2.18. The van der Waals surface area contributed by atoms with Crippen molar-refractivity contribution in [1.29, 1.82) is 0 Å². The number of thioether (sulfide) groups is 1. The summed E-state index contributed by atoms with van der Waals surface area (Å²) in [5, 5.41) is 3.31. The molecular weight excluding hydrogens is 301 g/mol. The van der Waals surface area contributed by atoms with Gasteiger partial charge in [0.25, 0.3) is 0 Å². The quantitative estimate of drug-likeness (QED) is 0.350. The van der Waals surface area contributed by atoms with Gasteiger partial charge < -0.3 is 10.1 Å². The van der Waals surface area contributed by atoms with E-state index in [4.69, 9.17) is 0 Å². The van der Waals surface area contributed by atoms with Crippen LogP contribution in [0.3, 0.4) is 0 Å². The van der Waals surface area contributed by atoms with Crippen molar-refractivity contribution in [2.75, 3.05) is 19.1 Å². The van der Waals surface area contributed by atoms with Gasteiger partial charge in [0, 0.05) is 11.8 Å². The van der Waals surface area contributed by atoms with E-state index in [0.717, 1.165) is 5.75 Å². The molecule has 0 saturated heterocycles. The first-order chi connectivity index (χ1) is 6.10. The third-order valence-corrected chi connectivity index (χ3v) is 2.57. The molecule has 0 fully saturated rings. The van der Waals surface area contributed by atoms with Crippen molar-refractivity contribution in [3.63, 3.8) is 0 Å². The fourth-order valence-electron chi connectivity index (χ4n) is 0.976. The van der Waals surface area contributed by atoms with E-state index in [2.05, 4.69) is 39.6 Å². The number of nitrogens with one attached hydrogen (secondary N) is 1. The number of esters is 1. The van der Waals surface area contributed by atoms with Crippen molar-refractivity contribution in [3.05, 3.63) is 0 Å². The molecule has 78 valence electrons. The van der Waals surface area contributed by atoms with Gasteiger partial charge in [-0.2, -0.15) is 11.8 Å². The summed E-state index contributed by atoms with van der Waals surface area (Å²) in [5.41, 5.74) is 0.